The lowest BCUT2D eigenvalue weighted by Crippen LogP contribution is -2.48. The van der Waals surface area contributed by atoms with Crippen LogP contribution in [-0.2, 0) is 4.79 Å². The smallest absolute Gasteiger partial charge is 0.240 e. The fourth-order valence-electron chi connectivity index (χ4n) is 2.70. The molecule has 86 valence electrons. The van der Waals surface area contributed by atoms with E-state index in [0.717, 1.165) is 25.9 Å². The second-order valence-corrected chi connectivity index (χ2v) is 4.84. The van der Waals surface area contributed by atoms with Gasteiger partial charge in [-0.15, -0.1) is 0 Å². The minimum absolute atomic E-state index is 0.000318. The summed E-state index contributed by atoms with van der Waals surface area (Å²) in [5.41, 5.74) is 0. The molecule has 1 amide bonds. The first-order chi connectivity index (χ1) is 7.09. The number of rotatable bonds is 1. The normalized spacial score (nSPS) is 35.1. The van der Waals surface area contributed by atoms with Crippen molar-refractivity contribution < 1.29 is 4.79 Å². The lowest BCUT2D eigenvalue weighted by Gasteiger charge is -2.37. The molecule has 2 atom stereocenters. The quantitative estimate of drug-likeness (QED) is 0.675. The summed E-state index contributed by atoms with van der Waals surface area (Å²) in [5, 5.41) is 3.29. The van der Waals surface area contributed by atoms with Crippen LogP contribution in [0.25, 0.3) is 0 Å². The van der Waals surface area contributed by atoms with Gasteiger partial charge in [0.25, 0.3) is 0 Å². The minimum Gasteiger partial charge on any atom is -0.323 e. The average molecular weight is 211 g/mol. The third-order valence-corrected chi connectivity index (χ3v) is 3.61. The van der Waals surface area contributed by atoms with Gasteiger partial charge in [-0.3, -0.25) is 10.1 Å². The summed E-state index contributed by atoms with van der Waals surface area (Å²) in [6.45, 7) is 6.25. The molecule has 2 aliphatic rings. The first-order valence-corrected chi connectivity index (χ1v) is 5.86. The molecule has 0 radical (unpaired) electrons. The largest absolute Gasteiger partial charge is 0.323 e. The average Bonchev–Trinajstić information content (AvgIpc) is 2.44. The number of carbonyl (C=O) groups is 1. The molecule has 0 aromatic carbocycles. The molecule has 0 aliphatic carbocycles. The molecule has 0 spiro atoms. The van der Waals surface area contributed by atoms with E-state index in [9.17, 15) is 4.79 Å². The third kappa shape index (κ3) is 2.01. The Morgan fingerprint density at radius 2 is 1.87 bits per heavy atom. The Morgan fingerprint density at radius 3 is 2.33 bits per heavy atom. The molecule has 0 saturated carbocycles. The predicted molar refractivity (Wildman–Crippen MR) is 59.4 cm³/mol. The molecule has 4 nitrogen and oxygen atoms in total. The molecule has 2 aliphatic heterocycles. The van der Waals surface area contributed by atoms with Gasteiger partial charge < -0.3 is 9.80 Å². The van der Waals surface area contributed by atoms with Gasteiger partial charge in [-0.2, -0.15) is 0 Å². The van der Waals surface area contributed by atoms with Crippen molar-refractivity contribution in [3.8, 4) is 0 Å². The van der Waals surface area contributed by atoms with E-state index in [2.05, 4.69) is 29.1 Å². The van der Waals surface area contributed by atoms with Crippen LogP contribution in [0.5, 0.6) is 0 Å². The lowest BCUT2D eigenvalue weighted by molar-refractivity contribution is -0.132. The molecule has 15 heavy (non-hydrogen) atoms. The van der Waals surface area contributed by atoms with Crippen molar-refractivity contribution in [1.82, 2.24) is 15.1 Å². The number of hydrogen-bond acceptors (Lipinski definition) is 3. The zero-order valence-electron chi connectivity index (χ0n) is 9.86. The summed E-state index contributed by atoms with van der Waals surface area (Å²) < 4.78 is 0. The maximum absolute atomic E-state index is 11.9. The standard InChI is InChI=1S/C11H21N3O/c1-8-11(15)14(9(2)12-8)10-4-6-13(3)7-5-10/h8-10,12H,4-7H2,1-3H3. The number of likely N-dealkylation sites (tertiary alicyclic amines) is 1. The first-order valence-electron chi connectivity index (χ1n) is 5.86. The summed E-state index contributed by atoms with van der Waals surface area (Å²) in [5.74, 6) is 0.275. The van der Waals surface area contributed by atoms with Crippen LogP contribution < -0.4 is 5.32 Å². The molecule has 2 rings (SSSR count). The van der Waals surface area contributed by atoms with Crippen LogP contribution in [-0.4, -0.2) is 54.1 Å². The monoisotopic (exact) mass is 211 g/mol. The van der Waals surface area contributed by atoms with Crippen LogP contribution in [0.3, 0.4) is 0 Å². The van der Waals surface area contributed by atoms with Crippen LogP contribution in [0.2, 0.25) is 0 Å². The van der Waals surface area contributed by atoms with Crippen molar-refractivity contribution in [1.29, 1.82) is 0 Å². The summed E-state index contributed by atoms with van der Waals surface area (Å²) in [6.07, 6.45) is 2.43. The van der Waals surface area contributed by atoms with E-state index in [1.165, 1.54) is 0 Å². The fraction of sp³-hybridized carbons (Fsp3) is 0.909. The molecule has 1 N–H and O–H groups in total. The van der Waals surface area contributed by atoms with Gasteiger partial charge in [-0.05, 0) is 46.8 Å². The van der Waals surface area contributed by atoms with Gasteiger partial charge in [0.1, 0.15) is 0 Å². The van der Waals surface area contributed by atoms with E-state index in [1.54, 1.807) is 0 Å². The Balaban J connectivity index is 2.01. The fourth-order valence-corrected chi connectivity index (χ4v) is 2.70. The first kappa shape index (κ1) is 10.9. The highest BCUT2D eigenvalue weighted by Crippen LogP contribution is 2.21. The highest BCUT2D eigenvalue weighted by molar-refractivity contribution is 5.84. The van der Waals surface area contributed by atoms with E-state index < -0.39 is 0 Å². The van der Waals surface area contributed by atoms with Crippen molar-refractivity contribution >= 4 is 5.91 Å². The molecule has 2 saturated heterocycles. The van der Waals surface area contributed by atoms with Crippen LogP contribution in [0.4, 0.5) is 0 Å². The van der Waals surface area contributed by atoms with Gasteiger partial charge in [-0.25, -0.2) is 0 Å². The van der Waals surface area contributed by atoms with Crippen molar-refractivity contribution in [3.63, 3.8) is 0 Å². The maximum Gasteiger partial charge on any atom is 0.240 e. The zero-order chi connectivity index (χ0) is 11.0. The summed E-state index contributed by atoms with van der Waals surface area (Å²) in [7, 11) is 2.15. The summed E-state index contributed by atoms with van der Waals surface area (Å²) in [4.78, 5) is 16.3. The van der Waals surface area contributed by atoms with Crippen LogP contribution in [0.15, 0.2) is 0 Å². The number of piperidine rings is 1. The minimum atomic E-state index is -0.000318. The van der Waals surface area contributed by atoms with Gasteiger partial charge >= 0.3 is 0 Å². The van der Waals surface area contributed by atoms with Gasteiger partial charge in [0, 0.05) is 6.04 Å². The van der Waals surface area contributed by atoms with Crippen LogP contribution >= 0.6 is 0 Å². The van der Waals surface area contributed by atoms with Crippen molar-refractivity contribution in [3.05, 3.63) is 0 Å². The molecule has 4 heteroatoms. The Hall–Kier alpha value is -0.610. The number of amides is 1. The predicted octanol–water partition coefficient (Wildman–Crippen LogP) is 0.247. The van der Waals surface area contributed by atoms with E-state index in [0.29, 0.717) is 6.04 Å². The van der Waals surface area contributed by atoms with E-state index in [1.807, 2.05) is 6.92 Å². The molecule has 2 heterocycles. The molecule has 0 bridgehead atoms. The number of carbonyl (C=O) groups excluding carboxylic acids is 1. The molecule has 2 unspecified atom stereocenters. The summed E-state index contributed by atoms with van der Waals surface area (Å²) >= 11 is 0. The molecular weight excluding hydrogens is 190 g/mol. The SMILES string of the molecule is CC1NC(C)N(C2CCN(C)CC2)C1=O. The Kier molecular flexibility index (Phi) is 2.98. The van der Waals surface area contributed by atoms with Gasteiger partial charge in [-0.1, -0.05) is 0 Å². The van der Waals surface area contributed by atoms with Crippen molar-refractivity contribution in [2.45, 2.75) is 44.9 Å². The van der Waals surface area contributed by atoms with Gasteiger partial charge in [0.15, 0.2) is 0 Å². The Bertz CT molecular complexity index is 248. The van der Waals surface area contributed by atoms with E-state index >= 15 is 0 Å². The third-order valence-electron chi connectivity index (χ3n) is 3.61. The molecular formula is C11H21N3O. The van der Waals surface area contributed by atoms with E-state index in [-0.39, 0.29) is 18.1 Å². The topological polar surface area (TPSA) is 35.6 Å². The van der Waals surface area contributed by atoms with Crippen LogP contribution in [0.1, 0.15) is 26.7 Å². The lowest BCUT2D eigenvalue weighted by atomic mass is 10.0. The van der Waals surface area contributed by atoms with Gasteiger partial charge in [0.2, 0.25) is 5.91 Å². The highest BCUT2D eigenvalue weighted by atomic mass is 16.2. The van der Waals surface area contributed by atoms with Crippen molar-refractivity contribution in [2.24, 2.45) is 0 Å². The van der Waals surface area contributed by atoms with Crippen molar-refractivity contribution in [2.75, 3.05) is 20.1 Å². The number of nitrogens with zero attached hydrogens (tertiary/aromatic N) is 2. The highest BCUT2D eigenvalue weighted by Gasteiger charge is 2.38. The second kappa shape index (κ2) is 4.10. The van der Waals surface area contributed by atoms with Crippen LogP contribution in [0, 0.1) is 0 Å². The molecule has 2 fully saturated rings. The van der Waals surface area contributed by atoms with Gasteiger partial charge in [0.05, 0.1) is 12.2 Å². The maximum atomic E-state index is 11.9. The summed E-state index contributed by atoms with van der Waals surface area (Å²) in [6, 6.07) is 0.445. The molecule has 0 aromatic rings. The zero-order valence-corrected chi connectivity index (χ0v) is 9.86. The number of nitrogens with one attached hydrogen (secondary N) is 1. The Labute approximate surface area is 91.6 Å². The number of hydrogen-bond donors (Lipinski definition) is 1. The second-order valence-electron chi connectivity index (χ2n) is 4.84. The Morgan fingerprint density at radius 1 is 1.27 bits per heavy atom. The molecule has 0 aromatic heterocycles. The van der Waals surface area contributed by atoms with E-state index in [4.69, 9.17) is 0 Å².